The Hall–Kier alpha value is -5.44. The lowest BCUT2D eigenvalue weighted by Crippen LogP contribution is -2.27. The first kappa shape index (κ1) is 39.3. The number of ether oxygens (including phenoxy) is 4. The van der Waals surface area contributed by atoms with Crippen LogP contribution < -0.4 is 18.9 Å². The number of unbranched alkanes of at least 4 members (excludes halogenated alkanes) is 3. The Kier molecular flexibility index (Phi) is 11.0. The zero-order chi connectivity index (χ0) is 39.7. The fourth-order valence-corrected chi connectivity index (χ4v) is 8.51. The Balaban J connectivity index is 0.000000460. The molecular formula is C43H54N8O4. The highest BCUT2D eigenvalue weighted by Gasteiger charge is 2.57. The van der Waals surface area contributed by atoms with Crippen LogP contribution in [-0.4, -0.2) is 55.5 Å². The number of rotatable bonds is 7. The van der Waals surface area contributed by atoms with Crippen molar-refractivity contribution in [3.8, 4) is 69.6 Å². The van der Waals surface area contributed by atoms with E-state index in [1.807, 2.05) is 13.8 Å². The van der Waals surface area contributed by atoms with Crippen LogP contribution in [0.1, 0.15) is 127 Å². The van der Waals surface area contributed by atoms with Crippen molar-refractivity contribution in [2.75, 3.05) is 14.2 Å². The van der Waals surface area contributed by atoms with Crippen molar-refractivity contribution < 1.29 is 18.9 Å². The molecular weight excluding hydrogens is 693 g/mol. The lowest BCUT2D eigenvalue weighted by molar-refractivity contribution is 0.347. The molecule has 3 heterocycles. The van der Waals surface area contributed by atoms with Gasteiger partial charge in [-0.05, 0) is 112 Å². The van der Waals surface area contributed by atoms with Crippen LogP contribution >= 0.6 is 0 Å². The third kappa shape index (κ3) is 6.78. The number of nitrogens with one attached hydrogen (secondary N) is 2. The van der Waals surface area contributed by atoms with Gasteiger partial charge in [-0.1, -0.05) is 67.7 Å². The number of hydrogen-bond acceptors (Lipinski definition) is 10. The molecule has 1 unspecified atom stereocenters. The third-order valence-corrected chi connectivity index (χ3v) is 11.3. The molecule has 1 spiro atoms. The molecule has 0 radical (unpaired) electrons. The fraction of sp³-hybridized carbons (Fsp3) is 0.488. The summed E-state index contributed by atoms with van der Waals surface area (Å²) in [5, 5.41) is 29.9. The van der Waals surface area contributed by atoms with Gasteiger partial charge in [-0.2, -0.15) is 10.4 Å². The van der Waals surface area contributed by atoms with Crippen molar-refractivity contribution in [1.82, 2.24) is 41.2 Å². The summed E-state index contributed by atoms with van der Waals surface area (Å²) >= 11 is 0. The molecule has 3 aliphatic rings. The minimum Gasteiger partial charge on any atom is -0.493 e. The third-order valence-electron chi connectivity index (χ3n) is 11.3. The van der Waals surface area contributed by atoms with Crippen molar-refractivity contribution in [2.24, 2.45) is 0 Å². The van der Waals surface area contributed by atoms with Crippen LogP contribution in [0.15, 0.2) is 24.3 Å². The first-order valence-electron chi connectivity index (χ1n) is 19.2. The van der Waals surface area contributed by atoms with Gasteiger partial charge in [0.1, 0.15) is 0 Å². The minimum atomic E-state index is -0.259. The van der Waals surface area contributed by atoms with E-state index in [1.54, 1.807) is 14.2 Å². The second-order valence-corrected chi connectivity index (χ2v) is 15.9. The molecule has 8 rings (SSSR count). The average Bonchev–Trinajstić information content (AvgIpc) is 3.97. The normalized spacial score (nSPS) is 17.5. The van der Waals surface area contributed by atoms with E-state index < -0.39 is 0 Å². The van der Waals surface area contributed by atoms with Gasteiger partial charge in [0.05, 0.1) is 25.3 Å². The highest BCUT2D eigenvalue weighted by molar-refractivity contribution is 5.86. The number of hydrogen-bond donors (Lipinski definition) is 2. The lowest BCUT2D eigenvalue weighted by atomic mass is 9.72. The summed E-state index contributed by atoms with van der Waals surface area (Å²) in [6, 6.07) is 8.66. The Morgan fingerprint density at radius 3 is 1.51 bits per heavy atom. The zero-order valence-electron chi connectivity index (χ0n) is 34.2. The van der Waals surface area contributed by atoms with Crippen LogP contribution in [0.25, 0.3) is 22.8 Å². The van der Waals surface area contributed by atoms with E-state index >= 15 is 0 Å². The topological polar surface area (TPSA) is 146 Å². The van der Waals surface area contributed by atoms with Crippen LogP contribution in [0.4, 0.5) is 0 Å². The molecule has 0 saturated carbocycles. The number of aromatic amines is 2. The summed E-state index contributed by atoms with van der Waals surface area (Å²) < 4.78 is 25.2. The quantitative estimate of drug-likeness (QED) is 0.120. The Bertz CT molecular complexity index is 2200. The van der Waals surface area contributed by atoms with E-state index in [2.05, 4.69) is 120 Å². The summed E-state index contributed by atoms with van der Waals surface area (Å²) in [4.78, 5) is 0. The van der Waals surface area contributed by atoms with Gasteiger partial charge in [-0.15, -0.1) is 32.7 Å². The summed E-state index contributed by atoms with van der Waals surface area (Å²) in [6.07, 6.45) is 12.8. The molecule has 1 atom stereocenters. The first-order valence-corrected chi connectivity index (χ1v) is 19.2. The van der Waals surface area contributed by atoms with Gasteiger partial charge >= 0.3 is 0 Å². The number of fused-ring (bicyclic) bond motifs is 6. The molecule has 2 aromatic heterocycles. The molecule has 5 aromatic rings. The average molecular weight is 747 g/mol. The second-order valence-electron chi connectivity index (χ2n) is 15.9. The predicted octanol–water partition coefficient (Wildman–Crippen LogP) is 9.84. The molecule has 0 bridgehead atoms. The molecule has 1 aliphatic heterocycles. The van der Waals surface area contributed by atoms with Crippen molar-refractivity contribution >= 4 is 0 Å². The largest absolute Gasteiger partial charge is 0.493 e. The van der Waals surface area contributed by atoms with Crippen LogP contribution in [0, 0.1) is 26.2 Å². The highest BCUT2D eigenvalue weighted by Crippen LogP contribution is 2.66. The second kappa shape index (κ2) is 15.4. The number of methoxy groups -OCH3 is 2. The summed E-state index contributed by atoms with van der Waals surface area (Å²) in [5.74, 6) is 7.08. The number of tetrazole rings is 2. The van der Waals surface area contributed by atoms with Gasteiger partial charge in [0.25, 0.3) is 0 Å². The molecule has 0 amide bonds. The molecule has 2 aliphatic carbocycles. The Morgan fingerprint density at radius 2 is 1.13 bits per heavy atom. The summed E-state index contributed by atoms with van der Waals surface area (Å²) in [6.45, 7) is 19.7. The van der Waals surface area contributed by atoms with Gasteiger partial charge in [-0.25, -0.2) is 0 Å². The zero-order valence-corrected chi connectivity index (χ0v) is 34.2. The predicted molar refractivity (Wildman–Crippen MR) is 213 cm³/mol. The van der Waals surface area contributed by atoms with Gasteiger partial charge in [0, 0.05) is 11.8 Å². The molecule has 12 nitrogen and oxygen atoms in total. The van der Waals surface area contributed by atoms with E-state index in [4.69, 9.17) is 25.4 Å². The smallest absolute Gasteiger partial charge is 0.208 e. The van der Waals surface area contributed by atoms with Crippen molar-refractivity contribution in [3.63, 3.8) is 0 Å². The molecule has 3 aromatic carbocycles. The van der Waals surface area contributed by atoms with Gasteiger partial charge in [0.15, 0.2) is 34.5 Å². The maximum absolute atomic E-state index is 6.85. The number of terminal acetylenes is 1. The van der Waals surface area contributed by atoms with E-state index in [9.17, 15) is 0 Å². The molecule has 55 heavy (non-hydrogen) atoms. The lowest BCUT2D eigenvalue weighted by Gasteiger charge is -2.31. The highest BCUT2D eigenvalue weighted by atomic mass is 16.6. The molecule has 0 saturated heterocycles. The van der Waals surface area contributed by atoms with E-state index in [1.165, 1.54) is 47.9 Å². The molecule has 12 heteroatoms. The van der Waals surface area contributed by atoms with Gasteiger partial charge in [-0.3, -0.25) is 0 Å². The Labute approximate surface area is 324 Å². The number of aromatic nitrogens is 8. The van der Waals surface area contributed by atoms with E-state index in [-0.39, 0.29) is 16.2 Å². The van der Waals surface area contributed by atoms with Crippen molar-refractivity contribution in [1.29, 1.82) is 0 Å². The maximum atomic E-state index is 6.85. The molecule has 0 fully saturated rings. The van der Waals surface area contributed by atoms with Crippen LogP contribution in [0.3, 0.4) is 0 Å². The first-order chi connectivity index (χ1) is 26.3. The van der Waals surface area contributed by atoms with E-state index in [0.717, 1.165) is 41.9 Å². The molecule has 290 valence electrons. The van der Waals surface area contributed by atoms with Crippen LogP contribution in [0.5, 0.6) is 34.5 Å². The van der Waals surface area contributed by atoms with Gasteiger partial charge < -0.3 is 18.9 Å². The SMILES string of the molecule is C#CCCCC.CCCC.COc1cc2c(cc1OC)C1(CC2(C)C)CC(C)(C)c2cc3c(cc21)Oc1c(c(-c2nn[nH]n2)c(C)c(C)c1-c1nn[nH]n1)O3. The fourth-order valence-electron chi connectivity index (χ4n) is 8.51. The number of benzene rings is 3. The van der Waals surface area contributed by atoms with Crippen molar-refractivity contribution in [2.45, 2.75) is 124 Å². The number of H-pyrrole nitrogens is 2. The standard InChI is InChI=1S/C33H34N8O4.C6H10.C4H10/c1-15-16(2)26(30-36-40-41-37-30)28-27(25(15)29-34-38-39-35-29)44-23-10-18-20(12-24(23)45-28)33(14-32(18,5)6)13-31(3,4)17-9-21(42-7)22(43-8)11-19(17)33;1-3-5-6-4-2;1-3-4-2/h9-12H,13-14H2,1-8H3,(H,34,35,38,39)(H,36,37,40,41);1H,4-6H2,2H3;3-4H2,1-2H3. The van der Waals surface area contributed by atoms with Crippen molar-refractivity contribution in [3.05, 3.63) is 57.6 Å². The minimum absolute atomic E-state index is 0.0909. The monoisotopic (exact) mass is 746 g/mol. The van der Waals surface area contributed by atoms with E-state index in [0.29, 0.717) is 45.8 Å². The Morgan fingerprint density at radius 1 is 0.691 bits per heavy atom. The summed E-state index contributed by atoms with van der Waals surface area (Å²) in [7, 11) is 3.38. The van der Waals surface area contributed by atoms with Crippen LogP contribution in [-0.2, 0) is 16.2 Å². The summed E-state index contributed by atoms with van der Waals surface area (Å²) in [5.41, 5.74) is 7.70. The molecule has 2 N–H and O–H groups in total. The maximum Gasteiger partial charge on any atom is 0.208 e. The van der Waals surface area contributed by atoms with Crippen LogP contribution in [0.2, 0.25) is 0 Å². The number of nitrogens with zero attached hydrogens (tertiary/aromatic N) is 6. The van der Waals surface area contributed by atoms with Gasteiger partial charge in [0.2, 0.25) is 11.6 Å².